The summed E-state index contributed by atoms with van der Waals surface area (Å²) in [4.78, 5) is 12.1. The van der Waals surface area contributed by atoms with Crippen LogP contribution in [0.15, 0.2) is 41.3 Å². The molecule has 0 fully saturated rings. The number of sulfonamides is 1. The summed E-state index contributed by atoms with van der Waals surface area (Å²) < 4.78 is 32.3. The molecule has 0 radical (unpaired) electrons. The second-order valence-electron chi connectivity index (χ2n) is 5.63. The smallest absolute Gasteiger partial charge is 0.244 e. The number of methoxy groups -OCH3 is 1. The summed E-state index contributed by atoms with van der Waals surface area (Å²) in [5, 5.41) is 3.02. The van der Waals surface area contributed by atoms with Crippen LogP contribution in [0.5, 0.6) is 5.75 Å². The SMILES string of the molecule is CCc1cccc(C)c1NC(=O)CNS(=O)(=O)c1cc(Cl)ccc1OC. The highest BCUT2D eigenvalue weighted by molar-refractivity contribution is 7.89. The largest absolute Gasteiger partial charge is 0.495 e. The van der Waals surface area contributed by atoms with Crippen molar-refractivity contribution in [2.24, 2.45) is 0 Å². The molecule has 2 aromatic rings. The minimum Gasteiger partial charge on any atom is -0.495 e. The van der Waals surface area contributed by atoms with E-state index in [0.29, 0.717) is 5.69 Å². The van der Waals surface area contributed by atoms with Gasteiger partial charge in [0.2, 0.25) is 15.9 Å². The first-order valence-corrected chi connectivity index (χ1v) is 9.86. The molecule has 0 aliphatic heterocycles. The van der Waals surface area contributed by atoms with Gasteiger partial charge in [-0.3, -0.25) is 4.79 Å². The third-order valence-electron chi connectivity index (χ3n) is 3.84. The number of carbonyl (C=O) groups excluding carboxylic acids is 1. The van der Waals surface area contributed by atoms with Gasteiger partial charge in [0.1, 0.15) is 10.6 Å². The van der Waals surface area contributed by atoms with E-state index in [1.165, 1.54) is 25.3 Å². The van der Waals surface area contributed by atoms with E-state index in [2.05, 4.69) is 10.0 Å². The minimum atomic E-state index is -3.96. The highest BCUT2D eigenvalue weighted by atomic mass is 35.5. The Morgan fingerprint density at radius 2 is 1.96 bits per heavy atom. The molecule has 6 nitrogen and oxygen atoms in total. The summed E-state index contributed by atoms with van der Waals surface area (Å²) in [6.07, 6.45) is 0.753. The van der Waals surface area contributed by atoms with E-state index in [4.69, 9.17) is 16.3 Å². The van der Waals surface area contributed by atoms with Crippen LogP contribution in [-0.4, -0.2) is 28.0 Å². The zero-order chi connectivity index (χ0) is 19.3. The number of hydrogen-bond donors (Lipinski definition) is 2. The van der Waals surface area contributed by atoms with Crippen molar-refractivity contribution >= 4 is 33.2 Å². The number of halogens is 1. The molecule has 2 aromatic carbocycles. The van der Waals surface area contributed by atoms with E-state index in [-0.39, 0.29) is 15.7 Å². The average molecular weight is 397 g/mol. The number of hydrogen-bond acceptors (Lipinski definition) is 4. The van der Waals surface area contributed by atoms with E-state index < -0.39 is 22.5 Å². The van der Waals surface area contributed by atoms with Gasteiger partial charge in [0.05, 0.1) is 13.7 Å². The van der Waals surface area contributed by atoms with Gasteiger partial charge in [-0.15, -0.1) is 0 Å². The van der Waals surface area contributed by atoms with Crippen molar-refractivity contribution in [3.8, 4) is 5.75 Å². The van der Waals surface area contributed by atoms with Crippen molar-refractivity contribution in [1.82, 2.24) is 4.72 Å². The molecular weight excluding hydrogens is 376 g/mol. The highest BCUT2D eigenvalue weighted by Gasteiger charge is 2.21. The first-order chi connectivity index (χ1) is 12.3. The number of benzene rings is 2. The van der Waals surface area contributed by atoms with Crippen LogP contribution < -0.4 is 14.8 Å². The Kier molecular flexibility index (Phi) is 6.63. The molecule has 0 aliphatic rings. The molecule has 0 saturated carbocycles. The monoisotopic (exact) mass is 396 g/mol. The summed E-state index contributed by atoms with van der Waals surface area (Å²) in [6, 6.07) is 9.98. The van der Waals surface area contributed by atoms with Crippen LogP contribution in [0.3, 0.4) is 0 Å². The van der Waals surface area contributed by atoms with Crippen molar-refractivity contribution in [2.75, 3.05) is 19.0 Å². The second-order valence-corrected chi connectivity index (χ2v) is 7.80. The Balaban J connectivity index is 2.13. The Labute approximate surface area is 158 Å². The van der Waals surface area contributed by atoms with Crippen molar-refractivity contribution in [3.63, 3.8) is 0 Å². The summed E-state index contributed by atoms with van der Waals surface area (Å²) in [6.45, 7) is 3.46. The van der Waals surface area contributed by atoms with E-state index in [1.54, 1.807) is 0 Å². The number of ether oxygens (including phenoxy) is 1. The van der Waals surface area contributed by atoms with Crippen LogP contribution in [0.1, 0.15) is 18.1 Å². The van der Waals surface area contributed by atoms with Crippen LogP contribution in [0.25, 0.3) is 0 Å². The standard InChI is InChI=1S/C18H21ClN2O4S/c1-4-13-7-5-6-12(2)18(13)21-17(22)11-20-26(23,24)16-10-14(19)8-9-15(16)25-3/h5-10,20H,4,11H2,1-3H3,(H,21,22). The zero-order valence-corrected chi connectivity index (χ0v) is 16.4. The predicted octanol–water partition coefficient (Wildman–Crippen LogP) is 3.14. The van der Waals surface area contributed by atoms with Gasteiger partial charge in [-0.2, -0.15) is 0 Å². The van der Waals surface area contributed by atoms with Crippen molar-refractivity contribution in [2.45, 2.75) is 25.2 Å². The molecular formula is C18H21ClN2O4S. The van der Waals surface area contributed by atoms with Crippen LogP contribution in [0.2, 0.25) is 5.02 Å². The lowest BCUT2D eigenvalue weighted by Gasteiger charge is -2.14. The molecule has 2 rings (SSSR count). The number of carbonyl (C=O) groups is 1. The molecule has 0 aliphatic carbocycles. The molecule has 0 aromatic heterocycles. The van der Waals surface area contributed by atoms with Gasteiger partial charge in [0, 0.05) is 10.7 Å². The van der Waals surface area contributed by atoms with Crippen LogP contribution in [-0.2, 0) is 21.2 Å². The van der Waals surface area contributed by atoms with Crippen LogP contribution in [0.4, 0.5) is 5.69 Å². The maximum absolute atomic E-state index is 12.5. The Morgan fingerprint density at radius 1 is 1.23 bits per heavy atom. The summed E-state index contributed by atoms with van der Waals surface area (Å²) in [5.41, 5.74) is 2.61. The molecule has 0 atom stereocenters. The van der Waals surface area contributed by atoms with Crippen molar-refractivity contribution in [3.05, 3.63) is 52.5 Å². The van der Waals surface area contributed by atoms with E-state index >= 15 is 0 Å². The van der Waals surface area contributed by atoms with Crippen molar-refractivity contribution in [1.29, 1.82) is 0 Å². The fourth-order valence-corrected chi connectivity index (χ4v) is 3.90. The summed E-state index contributed by atoms with van der Waals surface area (Å²) >= 11 is 5.87. The third-order valence-corrected chi connectivity index (χ3v) is 5.50. The molecule has 8 heteroatoms. The van der Waals surface area contributed by atoms with Gasteiger partial charge in [-0.1, -0.05) is 36.7 Å². The second kappa shape index (κ2) is 8.53. The van der Waals surface area contributed by atoms with Crippen molar-refractivity contribution < 1.29 is 17.9 Å². The first-order valence-electron chi connectivity index (χ1n) is 8.00. The molecule has 0 saturated heterocycles. The van der Waals surface area contributed by atoms with Gasteiger partial charge in [-0.25, -0.2) is 13.1 Å². The number of para-hydroxylation sites is 1. The van der Waals surface area contributed by atoms with E-state index in [9.17, 15) is 13.2 Å². The molecule has 2 N–H and O–H groups in total. The first kappa shape index (κ1) is 20.2. The molecule has 140 valence electrons. The number of nitrogens with one attached hydrogen (secondary N) is 2. The molecule has 0 spiro atoms. The van der Waals surface area contributed by atoms with Gasteiger partial charge in [0.25, 0.3) is 0 Å². The fourth-order valence-electron chi connectivity index (χ4n) is 2.48. The normalized spacial score (nSPS) is 11.2. The maximum atomic E-state index is 12.5. The van der Waals surface area contributed by atoms with Gasteiger partial charge < -0.3 is 10.1 Å². The summed E-state index contributed by atoms with van der Waals surface area (Å²) in [5.74, 6) is -0.312. The summed E-state index contributed by atoms with van der Waals surface area (Å²) in [7, 11) is -2.60. The predicted molar refractivity (Wildman–Crippen MR) is 102 cm³/mol. The van der Waals surface area contributed by atoms with Crippen LogP contribution >= 0.6 is 11.6 Å². The lowest BCUT2D eigenvalue weighted by molar-refractivity contribution is -0.115. The quantitative estimate of drug-likeness (QED) is 0.753. The average Bonchev–Trinajstić information content (AvgIpc) is 2.61. The van der Waals surface area contributed by atoms with Gasteiger partial charge in [0.15, 0.2) is 0 Å². The Morgan fingerprint density at radius 3 is 2.62 bits per heavy atom. The van der Waals surface area contributed by atoms with E-state index in [1.807, 2.05) is 32.0 Å². The highest BCUT2D eigenvalue weighted by Crippen LogP contribution is 2.27. The zero-order valence-electron chi connectivity index (χ0n) is 14.8. The lowest BCUT2D eigenvalue weighted by Crippen LogP contribution is -2.33. The number of rotatable bonds is 7. The fraction of sp³-hybridized carbons (Fsp3) is 0.278. The topological polar surface area (TPSA) is 84.5 Å². The minimum absolute atomic E-state index is 0.120. The third kappa shape index (κ3) is 4.75. The molecule has 26 heavy (non-hydrogen) atoms. The number of aryl methyl sites for hydroxylation is 2. The lowest BCUT2D eigenvalue weighted by atomic mass is 10.1. The number of anilines is 1. The maximum Gasteiger partial charge on any atom is 0.244 e. The molecule has 1 amide bonds. The van der Waals surface area contributed by atoms with E-state index in [0.717, 1.165) is 17.5 Å². The van der Waals surface area contributed by atoms with Gasteiger partial charge in [-0.05, 0) is 42.7 Å². The molecule has 0 unspecified atom stereocenters. The Bertz CT molecular complexity index is 913. The van der Waals surface area contributed by atoms with Gasteiger partial charge >= 0.3 is 0 Å². The molecule has 0 bridgehead atoms. The van der Waals surface area contributed by atoms with Crippen LogP contribution in [0, 0.1) is 6.92 Å². The number of amides is 1. The molecule has 0 heterocycles. The Hall–Kier alpha value is -2.09.